The first-order valence-corrected chi connectivity index (χ1v) is 5.69. The van der Waals surface area contributed by atoms with E-state index in [0.717, 1.165) is 19.6 Å². The molecular weight excluding hydrogens is 190 g/mol. The molecule has 15 heavy (non-hydrogen) atoms. The molecule has 4 heteroatoms. The van der Waals surface area contributed by atoms with Crippen LogP contribution < -0.4 is 5.32 Å². The summed E-state index contributed by atoms with van der Waals surface area (Å²) >= 11 is 0. The molecule has 0 radical (unpaired) electrons. The zero-order chi connectivity index (χ0) is 12.3. The molecule has 0 heterocycles. The number of nitrogens with zero attached hydrogens (tertiary/aromatic N) is 2. The van der Waals surface area contributed by atoms with Gasteiger partial charge < -0.3 is 15.1 Å². The Labute approximate surface area is 94.6 Å². The zero-order valence-electron chi connectivity index (χ0n) is 11.1. The number of amides is 1. The van der Waals surface area contributed by atoms with E-state index >= 15 is 0 Å². The molecule has 0 aliphatic heterocycles. The number of carbonyl (C=O) groups is 1. The van der Waals surface area contributed by atoms with Gasteiger partial charge in [-0.05, 0) is 28.1 Å². The van der Waals surface area contributed by atoms with E-state index < -0.39 is 0 Å². The van der Waals surface area contributed by atoms with E-state index in [1.165, 1.54) is 0 Å². The summed E-state index contributed by atoms with van der Waals surface area (Å²) in [4.78, 5) is 15.4. The van der Waals surface area contributed by atoms with Gasteiger partial charge in [-0.15, -0.1) is 0 Å². The molecule has 0 aliphatic rings. The smallest absolute Gasteiger partial charge is 0.236 e. The number of hydrogen-bond donors (Lipinski definition) is 1. The highest BCUT2D eigenvalue weighted by Crippen LogP contribution is 1.89. The van der Waals surface area contributed by atoms with Crippen molar-refractivity contribution in [2.24, 2.45) is 0 Å². The van der Waals surface area contributed by atoms with Crippen LogP contribution in [-0.4, -0.2) is 63.0 Å². The molecule has 0 unspecified atom stereocenters. The number of hydrogen-bond acceptors (Lipinski definition) is 3. The predicted molar refractivity (Wildman–Crippen MR) is 66.1 cm³/mol. The van der Waals surface area contributed by atoms with Crippen molar-refractivity contribution in [2.75, 3.05) is 47.3 Å². The SMILES string of the molecule is CC.CCN(CCN(C)C)C(=O)CNC. The lowest BCUT2D eigenvalue weighted by Crippen LogP contribution is -2.40. The molecule has 1 amide bonds. The number of nitrogens with one attached hydrogen (secondary N) is 1. The molecule has 0 fully saturated rings. The van der Waals surface area contributed by atoms with Crippen molar-refractivity contribution in [1.82, 2.24) is 15.1 Å². The van der Waals surface area contributed by atoms with Crippen LogP contribution in [0.2, 0.25) is 0 Å². The minimum absolute atomic E-state index is 0.173. The van der Waals surface area contributed by atoms with Crippen molar-refractivity contribution < 1.29 is 4.79 Å². The standard InChI is InChI=1S/C9H21N3O.C2H6/c1-5-12(7-6-11(3)4)9(13)8-10-2;1-2/h10H,5-8H2,1-4H3;1-2H3. The Morgan fingerprint density at radius 3 is 2.07 bits per heavy atom. The van der Waals surface area contributed by atoms with Crippen molar-refractivity contribution in [3.8, 4) is 0 Å². The van der Waals surface area contributed by atoms with Gasteiger partial charge in [0, 0.05) is 19.6 Å². The monoisotopic (exact) mass is 217 g/mol. The molecule has 0 spiro atoms. The minimum Gasteiger partial charge on any atom is -0.341 e. The molecular formula is C11H27N3O. The summed E-state index contributed by atoms with van der Waals surface area (Å²) in [6.45, 7) is 8.95. The molecule has 0 bridgehead atoms. The first-order chi connectivity index (χ1) is 7.11. The molecule has 0 aromatic rings. The van der Waals surface area contributed by atoms with E-state index in [2.05, 4.69) is 10.2 Å². The molecule has 0 aromatic heterocycles. The lowest BCUT2D eigenvalue weighted by molar-refractivity contribution is -0.130. The largest absolute Gasteiger partial charge is 0.341 e. The van der Waals surface area contributed by atoms with E-state index in [9.17, 15) is 4.79 Å². The summed E-state index contributed by atoms with van der Waals surface area (Å²) in [7, 11) is 5.81. The molecule has 4 nitrogen and oxygen atoms in total. The second kappa shape index (κ2) is 11.5. The molecule has 0 aliphatic carbocycles. The van der Waals surface area contributed by atoms with Crippen LogP contribution in [-0.2, 0) is 4.79 Å². The first kappa shape index (κ1) is 16.8. The molecule has 1 N–H and O–H groups in total. The van der Waals surface area contributed by atoms with Crippen LogP contribution in [0.5, 0.6) is 0 Å². The molecule has 0 saturated carbocycles. The van der Waals surface area contributed by atoms with Crippen molar-refractivity contribution >= 4 is 5.91 Å². The Morgan fingerprint density at radius 1 is 1.20 bits per heavy atom. The average Bonchev–Trinajstić information content (AvgIpc) is 2.21. The highest BCUT2D eigenvalue weighted by Gasteiger charge is 2.09. The summed E-state index contributed by atoms with van der Waals surface area (Å²) in [6, 6.07) is 0. The van der Waals surface area contributed by atoms with Crippen LogP contribution in [0.25, 0.3) is 0 Å². The fourth-order valence-electron chi connectivity index (χ4n) is 1.04. The summed E-state index contributed by atoms with van der Waals surface area (Å²) in [5.74, 6) is 0.173. The Hall–Kier alpha value is -0.610. The van der Waals surface area contributed by atoms with Crippen LogP contribution in [0.4, 0.5) is 0 Å². The molecule has 92 valence electrons. The molecule has 0 rings (SSSR count). The van der Waals surface area contributed by atoms with Gasteiger partial charge in [0.25, 0.3) is 0 Å². The number of rotatable bonds is 6. The molecule has 0 atom stereocenters. The third kappa shape index (κ3) is 9.69. The maximum Gasteiger partial charge on any atom is 0.236 e. The summed E-state index contributed by atoms with van der Waals surface area (Å²) in [5.41, 5.74) is 0. The quantitative estimate of drug-likeness (QED) is 0.709. The number of likely N-dealkylation sites (N-methyl/N-ethyl adjacent to an activating group) is 3. The highest BCUT2D eigenvalue weighted by atomic mass is 16.2. The van der Waals surface area contributed by atoms with E-state index in [-0.39, 0.29) is 5.91 Å². The van der Waals surface area contributed by atoms with Gasteiger partial charge in [-0.25, -0.2) is 0 Å². The molecule has 0 saturated heterocycles. The lowest BCUT2D eigenvalue weighted by Gasteiger charge is -2.22. The Balaban J connectivity index is 0. The summed E-state index contributed by atoms with van der Waals surface area (Å²) in [6.07, 6.45) is 0. The third-order valence-corrected chi connectivity index (χ3v) is 1.88. The number of carbonyl (C=O) groups excluding carboxylic acids is 1. The van der Waals surface area contributed by atoms with Crippen LogP contribution in [0.3, 0.4) is 0 Å². The summed E-state index contributed by atoms with van der Waals surface area (Å²) in [5, 5.41) is 2.87. The van der Waals surface area contributed by atoms with Gasteiger partial charge in [-0.3, -0.25) is 4.79 Å². The van der Waals surface area contributed by atoms with Crippen LogP contribution in [0, 0.1) is 0 Å². The van der Waals surface area contributed by atoms with Crippen molar-refractivity contribution in [2.45, 2.75) is 20.8 Å². The maximum atomic E-state index is 11.4. The van der Waals surface area contributed by atoms with Crippen LogP contribution in [0.1, 0.15) is 20.8 Å². The Kier molecular flexibility index (Phi) is 12.8. The predicted octanol–water partition coefficient (Wildman–Crippen LogP) is 0.642. The van der Waals surface area contributed by atoms with Crippen LogP contribution >= 0.6 is 0 Å². The third-order valence-electron chi connectivity index (χ3n) is 1.88. The van der Waals surface area contributed by atoms with Crippen LogP contribution in [0.15, 0.2) is 0 Å². The maximum absolute atomic E-state index is 11.4. The summed E-state index contributed by atoms with van der Waals surface area (Å²) < 4.78 is 0. The van der Waals surface area contributed by atoms with E-state index in [1.807, 2.05) is 39.8 Å². The lowest BCUT2D eigenvalue weighted by atomic mass is 10.4. The highest BCUT2D eigenvalue weighted by molar-refractivity contribution is 5.78. The van der Waals surface area contributed by atoms with Gasteiger partial charge in [-0.2, -0.15) is 0 Å². The van der Waals surface area contributed by atoms with Crippen molar-refractivity contribution in [1.29, 1.82) is 0 Å². The van der Waals surface area contributed by atoms with Gasteiger partial charge >= 0.3 is 0 Å². The Morgan fingerprint density at radius 2 is 1.73 bits per heavy atom. The topological polar surface area (TPSA) is 35.6 Å². The minimum atomic E-state index is 0.173. The van der Waals surface area contributed by atoms with Crippen molar-refractivity contribution in [3.05, 3.63) is 0 Å². The molecule has 0 aromatic carbocycles. The van der Waals surface area contributed by atoms with E-state index in [1.54, 1.807) is 7.05 Å². The fourth-order valence-corrected chi connectivity index (χ4v) is 1.04. The van der Waals surface area contributed by atoms with Gasteiger partial charge in [0.05, 0.1) is 6.54 Å². The van der Waals surface area contributed by atoms with Gasteiger partial charge in [-0.1, -0.05) is 13.8 Å². The zero-order valence-corrected chi connectivity index (χ0v) is 11.1. The fraction of sp³-hybridized carbons (Fsp3) is 0.909. The first-order valence-electron chi connectivity index (χ1n) is 5.69. The van der Waals surface area contributed by atoms with E-state index in [0.29, 0.717) is 6.54 Å². The Bertz CT molecular complexity index is 149. The van der Waals surface area contributed by atoms with Gasteiger partial charge in [0.2, 0.25) is 5.91 Å². The van der Waals surface area contributed by atoms with Crippen molar-refractivity contribution in [3.63, 3.8) is 0 Å². The van der Waals surface area contributed by atoms with E-state index in [4.69, 9.17) is 0 Å². The second-order valence-corrected chi connectivity index (χ2v) is 3.31. The normalized spacial score (nSPS) is 9.53. The van der Waals surface area contributed by atoms with Gasteiger partial charge in [0.1, 0.15) is 0 Å². The van der Waals surface area contributed by atoms with Gasteiger partial charge in [0.15, 0.2) is 0 Å². The average molecular weight is 217 g/mol. The second-order valence-electron chi connectivity index (χ2n) is 3.31.